The average Bonchev–Trinajstić information content (AvgIpc) is 2.96. The molecule has 3 rings (SSSR count). The first-order valence-corrected chi connectivity index (χ1v) is 7.31. The zero-order chi connectivity index (χ0) is 13.3. The minimum absolute atomic E-state index is 0.556. The van der Waals surface area contributed by atoms with E-state index in [1.807, 2.05) is 6.20 Å². The summed E-state index contributed by atoms with van der Waals surface area (Å²) >= 11 is 0. The Morgan fingerprint density at radius 3 is 2.63 bits per heavy atom. The Kier molecular flexibility index (Phi) is 3.17. The highest BCUT2D eigenvalue weighted by Gasteiger charge is 2.32. The van der Waals surface area contributed by atoms with E-state index < -0.39 is 0 Å². The molecule has 1 aliphatic rings. The second kappa shape index (κ2) is 4.83. The van der Waals surface area contributed by atoms with Gasteiger partial charge in [0.2, 0.25) is 0 Å². The van der Waals surface area contributed by atoms with Gasteiger partial charge in [-0.1, -0.05) is 26.7 Å². The van der Waals surface area contributed by atoms with Gasteiger partial charge in [0.15, 0.2) is 0 Å². The van der Waals surface area contributed by atoms with Crippen LogP contribution < -0.4 is 4.90 Å². The summed E-state index contributed by atoms with van der Waals surface area (Å²) < 4.78 is 0. The molecule has 0 aromatic carbocycles. The van der Waals surface area contributed by atoms with Crippen molar-refractivity contribution in [2.45, 2.75) is 39.5 Å². The molecule has 0 amide bonds. The maximum atomic E-state index is 4.50. The largest absolute Gasteiger partial charge is 0.356 e. The minimum atomic E-state index is 0.556. The van der Waals surface area contributed by atoms with Crippen molar-refractivity contribution in [1.82, 2.24) is 15.0 Å². The van der Waals surface area contributed by atoms with Crippen LogP contribution in [0.25, 0.3) is 11.0 Å². The molecule has 1 aliphatic heterocycles. The lowest BCUT2D eigenvalue weighted by Crippen LogP contribution is -2.40. The van der Waals surface area contributed by atoms with Crippen molar-refractivity contribution in [3.63, 3.8) is 0 Å². The van der Waals surface area contributed by atoms with Gasteiger partial charge in [0.1, 0.15) is 17.8 Å². The number of nitrogens with one attached hydrogen (secondary N) is 1. The maximum absolute atomic E-state index is 4.50. The highest BCUT2D eigenvalue weighted by atomic mass is 15.2. The van der Waals surface area contributed by atoms with Crippen LogP contribution in [0.3, 0.4) is 0 Å². The summed E-state index contributed by atoms with van der Waals surface area (Å²) in [6.45, 7) is 6.88. The molecule has 1 saturated heterocycles. The van der Waals surface area contributed by atoms with Crippen molar-refractivity contribution >= 4 is 16.9 Å². The van der Waals surface area contributed by atoms with Crippen LogP contribution in [0.1, 0.15) is 39.5 Å². The molecule has 4 heteroatoms. The monoisotopic (exact) mass is 258 g/mol. The van der Waals surface area contributed by atoms with Crippen LogP contribution >= 0.6 is 0 Å². The van der Waals surface area contributed by atoms with E-state index in [4.69, 9.17) is 0 Å². The van der Waals surface area contributed by atoms with Crippen molar-refractivity contribution in [3.8, 4) is 0 Å². The molecule has 2 aromatic rings. The number of rotatable bonds is 3. The Morgan fingerprint density at radius 2 is 1.95 bits per heavy atom. The van der Waals surface area contributed by atoms with Gasteiger partial charge in [-0.2, -0.15) is 0 Å². The Balaban J connectivity index is 1.84. The topological polar surface area (TPSA) is 44.8 Å². The van der Waals surface area contributed by atoms with Crippen LogP contribution in [0.5, 0.6) is 0 Å². The van der Waals surface area contributed by atoms with Gasteiger partial charge in [0.25, 0.3) is 0 Å². The number of H-pyrrole nitrogens is 1. The smallest absolute Gasteiger partial charge is 0.142 e. The summed E-state index contributed by atoms with van der Waals surface area (Å²) in [4.78, 5) is 14.3. The molecule has 102 valence electrons. The molecule has 2 aromatic heterocycles. The summed E-state index contributed by atoms with van der Waals surface area (Å²) in [6.07, 6.45) is 8.73. The minimum Gasteiger partial charge on any atom is -0.356 e. The Morgan fingerprint density at radius 1 is 1.21 bits per heavy atom. The molecule has 0 atom stereocenters. The number of hydrogen-bond donors (Lipinski definition) is 1. The van der Waals surface area contributed by atoms with Crippen molar-refractivity contribution in [2.75, 3.05) is 18.0 Å². The third kappa shape index (κ3) is 2.09. The van der Waals surface area contributed by atoms with Crippen molar-refractivity contribution in [1.29, 1.82) is 0 Å². The highest BCUT2D eigenvalue weighted by molar-refractivity contribution is 5.87. The number of aromatic amines is 1. The zero-order valence-corrected chi connectivity index (χ0v) is 11.8. The van der Waals surface area contributed by atoms with Gasteiger partial charge in [-0.15, -0.1) is 0 Å². The summed E-state index contributed by atoms with van der Waals surface area (Å²) in [7, 11) is 0. The normalized spacial score (nSPS) is 18.9. The number of aromatic nitrogens is 3. The van der Waals surface area contributed by atoms with Crippen LogP contribution in [0.2, 0.25) is 0 Å². The number of anilines is 1. The fourth-order valence-electron chi connectivity index (χ4n) is 3.26. The van der Waals surface area contributed by atoms with Gasteiger partial charge in [0.05, 0.1) is 5.39 Å². The molecular weight excluding hydrogens is 236 g/mol. The molecule has 1 N–H and O–H groups in total. The highest BCUT2D eigenvalue weighted by Crippen LogP contribution is 2.39. The van der Waals surface area contributed by atoms with E-state index in [9.17, 15) is 0 Å². The van der Waals surface area contributed by atoms with E-state index in [2.05, 4.69) is 39.8 Å². The van der Waals surface area contributed by atoms with Crippen LogP contribution in [0.15, 0.2) is 18.6 Å². The first-order chi connectivity index (χ1) is 9.28. The lowest BCUT2D eigenvalue weighted by Gasteiger charge is -2.41. The van der Waals surface area contributed by atoms with Gasteiger partial charge in [0, 0.05) is 19.3 Å². The Labute approximate surface area is 114 Å². The van der Waals surface area contributed by atoms with E-state index >= 15 is 0 Å². The van der Waals surface area contributed by atoms with Gasteiger partial charge in [-0.25, -0.2) is 9.97 Å². The molecule has 19 heavy (non-hydrogen) atoms. The number of piperidine rings is 1. The lowest BCUT2D eigenvalue weighted by atomic mass is 9.74. The first kappa shape index (κ1) is 12.5. The molecule has 0 radical (unpaired) electrons. The van der Waals surface area contributed by atoms with Crippen LogP contribution in [0, 0.1) is 5.41 Å². The van der Waals surface area contributed by atoms with E-state index in [0.29, 0.717) is 5.41 Å². The maximum Gasteiger partial charge on any atom is 0.142 e. The fourth-order valence-corrected chi connectivity index (χ4v) is 3.26. The summed E-state index contributed by atoms with van der Waals surface area (Å²) in [6, 6.07) is 2.08. The molecule has 4 nitrogen and oxygen atoms in total. The zero-order valence-electron chi connectivity index (χ0n) is 11.8. The molecular formula is C15H22N4. The summed E-state index contributed by atoms with van der Waals surface area (Å²) in [5, 5.41) is 1.14. The quantitative estimate of drug-likeness (QED) is 0.918. The second-order valence-electron chi connectivity index (χ2n) is 5.63. The van der Waals surface area contributed by atoms with Gasteiger partial charge < -0.3 is 9.88 Å². The Hall–Kier alpha value is -1.58. The SMILES string of the molecule is CCC1(CC)CCN(c2ncnc3[nH]ccc23)CC1. The first-order valence-electron chi connectivity index (χ1n) is 7.31. The molecule has 0 spiro atoms. The average molecular weight is 258 g/mol. The molecule has 3 heterocycles. The van der Waals surface area contributed by atoms with Gasteiger partial charge in [-0.3, -0.25) is 0 Å². The summed E-state index contributed by atoms with van der Waals surface area (Å²) in [5.74, 6) is 1.09. The molecule has 1 fully saturated rings. The third-order valence-corrected chi connectivity index (χ3v) is 4.96. The standard InChI is InChI=1S/C15H22N4/c1-3-15(4-2)6-9-19(10-7-15)14-12-5-8-16-13(12)17-11-18-14/h5,8,11H,3-4,6-7,9-10H2,1-2H3,(H,16,17,18). The van der Waals surface area contributed by atoms with Gasteiger partial charge in [-0.05, 0) is 24.3 Å². The predicted octanol–water partition coefficient (Wildman–Crippen LogP) is 3.36. The van der Waals surface area contributed by atoms with Crippen molar-refractivity contribution < 1.29 is 0 Å². The summed E-state index contributed by atoms with van der Waals surface area (Å²) in [5.41, 5.74) is 1.49. The van der Waals surface area contributed by atoms with E-state index in [0.717, 1.165) is 29.9 Å². The van der Waals surface area contributed by atoms with E-state index in [1.54, 1.807) is 6.33 Å². The molecule has 0 saturated carbocycles. The molecule has 0 bridgehead atoms. The Bertz CT molecular complexity index is 546. The van der Waals surface area contributed by atoms with Crippen LogP contribution in [-0.4, -0.2) is 28.0 Å². The second-order valence-corrected chi connectivity index (χ2v) is 5.63. The van der Waals surface area contributed by atoms with Crippen molar-refractivity contribution in [2.24, 2.45) is 5.41 Å². The van der Waals surface area contributed by atoms with Crippen LogP contribution in [-0.2, 0) is 0 Å². The molecule has 0 aliphatic carbocycles. The fraction of sp³-hybridized carbons (Fsp3) is 0.600. The number of fused-ring (bicyclic) bond motifs is 1. The molecule has 0 unspecified atom stereocenters. The third-order valence-electron chi connectivity index (χ3n) is 4.96. The lowest BCUT2D eigenvalue weighted by molar-refractivity contribution is 0.199. The van der Waals surface area contributed by atoms with Crippen molar-refractivity contribution in [3.05, 3.63) is 18.6 Å². The van der Waals surface area contributed by atoms with E-state index in [-0.39, 0.29) is 0 Å². The number of nitrogens with zero attached hydrogens (tertiary/aromatic N) is 3. The predicted molar refractivity (Wildman–Crippen MR) is 78.4 cm³/mol. The van der Waals surface area contributed by atoms with Crippen LogP contribution in [0.4, 0.5) is 5.82 Å². The van der Waals surface area contributed by atoms with E-state index in [1.165, 1.54) is 25.7 Å². The van der Waals surface area contributed by atoms with Gasteiger partial charge >= 0.3 is 0 Å². The number of hydrogen-bond acceptors (Lipinski definition) is 3.